The number of hydrogen-bond acceptors (Lipinski definition) is 2. The molecule has 2 heteroatoms. The molecule has 1 aliphatic carbocycles. The topological polar surface area (TPSA) is 35.2 Å². The van der Waals surface area contributed by atoms with E-state index < -0.39 is 0 Å². The molecule has 0 aliphatic heterocycles. The second kappa shape index (κ2) is 4.83. The lowest BCUT2D eigenvalue weighted by molar-refractivity contribution is 0.0266. The van der Waals surface area contributed by atoms with E-state index in [-0.39, 0.29) is 6.04 Å². The Kier molecular flexibility index (Phi) is 4.02. The van der Waals surface area contributed by atoms with Crippen molar-refractivity contribution in [1.82, 2.24) is 0 Å². The SMILES string of the molecule is CCCC(N)C(OCC)C1CC1. The number of nitrogens with two attached hydrogens (primary N) is 1. The van der Waals surface area contributed by atoms with E-state index in [1.165, 1.54) is 12.8 Å². The standard InChI is InChI=1S/C10H21NO/c1-3-5-9(11)10(12-4-2)8-6-7-8/h8-10H,3-7,11H2,1-2H3. The molecule has 1 aliphatic rings. The van der Waals surface area contributed by atoms with Crippen LogP contribution in [0.25, 0.3) is 0 Å². The second-order valence-electron chi connectivity index (χ2n) is 3.71. The minimum atomic E-state index is 0.266. The Morgan fingerprint density at radius 2 is 2.08 bits per heavy atom. The van der Waals surface area contributed by atoms with Crippen molar-refractivity contribution >= 4 is 0 Å². The van der Waals surface area contributed by atoms with E-state index in [0.717, 1.165) is 25.4 Å². The van der Waals surface area contributed by atoms with Crippen LogP contribution in [0.15, 0.2) is 0 Å². The summed E-state index contributed by atoms with van der Waals surface area (Å²) in [5.41, 5.74) is 6.03. The average molecular weight is 171 g/mol. The number of hydrogen-bond donors (Lipinski definition) is 1. The predicted octanol–water partition coefficient (Wildman–Crippen LogP) is 1.93. The van der Waals surface area contributed by atoms with Crippen molar-refractivity contribution in [3.63, 3.8) is 0 Å². The first kappa shape index (κ1) is 10.0. The van der Waals surface area contributed by atoms with Crippen molar-refractivity contribution in [1.29, 1.82) is 0 Å². The van der Waals surface area contributed by atoms with Gasteiger partial charge in [0.1, 0.15) is 0 Å². The molecule has 0 spiro atoms. The number of rotatable bonds is 6. The minimum Gasteiger partial charge on any atom is -0.377 e. The van der Waals surface area contributed by atoms with Crippen LogP contribution >= 0.6 is 0 Å². The van der Waals surface area contributed by atoms with Gasteiger partial charge in [0.2, 0.25) is 0 Å². The molecule has 0 aromatic heterocycles. The van der Waals surface area contributed by atoms with E-state index in [2.05, 4.69) is 6.92 Å². The van der Waals surface area contributed by atoms with Crippen molar-refractivity contribution < 1.29 is 4.74 Å². The van der Waals surface area contributed by atoms with Crippen molar-refractivity contribution in [3.8, 4) is 0 Å². The highest BCUT2D eigenvalue weighted by Gasteiger charge is 2.35. The Morgan fingerprint density at radius 3 is 2.50 bits per heavy atom. The highest BCUT2D eigenvalue weighted by molar-refractivity contribution is 4.88. The van der Waals surface area contributed by atoms with Crippen LogP contribution in [0.2, 0.25) is 0 Å². The summed E-state index contributed by atoms with van der Waals surface area (Å²) in [4.78, 5) is 0. The fraction of sp³-hybridized carbons (Fsp3) is 1.00. The molecule has 0 aromatic carbocycles. The maximum atomic E-state index is 6.03. The van der Waals surface area contributed by atoms with Crippen LogP contribution in [0, 0.1) is 5.92 Å². The molecule has 2 unspecified atom stereocenters. The van der Waals surface area contributed by atoms with Crippen molar-refractivity contribution in [2.24, 2.45) is 11.7 Å². The van der Waals surface area contributed by atoms with Crippen LogP contribution in [-0.2, 0) is 4.74 Å². The van der Waals surface area contributed by atoms with E-state index in [1.54, 1.807) is 0 Å². The van der Waals surface area contributed by atoms with Crippen molar-refractivity contribution in [3.05, 3.63) is 0 Å². The van der Waals surface area contributed by atoms with Crippen molar-refractivity contribution in [2.45, 2.75) is 51.7 Å². The van der Waals surface area contributed by atoms with Crippen LogP contribution in [-0.4, -0.2) is 18.8 Å². The minimum absolute atomic E-state index is 0.266. The molecule has 0 radical (unpaired) electrons. The lowest BCUT2D eigenvalue weighted by Gasteiger charge is -2.23. The molecule has 0 heterocycles. The zero-order valence-electron chi connectivity index (χ0n) is 8.25. The van der Waals surface area contributed by atoms with Gasteiger partial charge in [-0.1, -0.05) is 13.3 Å². The largest absolute Gasteiger partial charge is 0.377 e. The maximum absolute atomic E-state index is 6.03. The van der Waals surface area contributed by atoms with Crippen LogP contribution in [0.1, 0.15) is 39.5 Å². The number of ether oxygens (including phenoxy) is 1. The lowest BCUT2D eigenvalue weighted by atomic mass is 10.0. The van der Waals surface area contributed by atoms with Gasteiger partial charge in [0.05, 0.1) is 6.10 Å². The van der Waals surface area contributed by atoms with Crippen molar-refractivity contribution in [2.75, 3.05) is 6.61 Å². The van der Waals surface area contributed by atoms with Crippen LogP contribution < -0.4 is 5.73 Å². The van der Waals surface area contributed by atoms with Gasteiger partial charge >= 0.3 is 0 Å². The first-order valence-corrected chi connectivity index (χ1v) is 5.16. The molecule has 2 nitrogen and oxygen atoms in total. The summed E-state index contributed by atoms with van der Waals surface area (Å²) in [5, 5.41) is 0. The summed E-state index contributed by atoms with van der Waals surface area (Å²) >= 11 is 0. The smallest absolute Gasteiger partial charge is 0.0753 e. The molecular weight excluding hydrogens is 150 g/mol. The Labute approximate surface area is 75.5 Å². The molecule has 2 N–H and O–H groups in total. The van der Waals surface area contributed by atoms with E-state index in [1.807, 2.05) is 6.92 Å². The zero-order valence-corrected chi connectivity index (χ0v) is 8.25. The van der Waals surface area contributed by atoms with E-state index in [0.29, 0.717) is 6.10 Å². The molecule has 72 valence electrons. The van der Waals surface area contributed by atoms with Gasteiger partial charge in [-0.3, -0.25) is 0 Å². The first-order chi connectivity index (χ1) is 5.79. The van der Waals surface area contributed by atoms with E-state index in [4.69, 9.17) is 10.5 Å². The van der Waals surface area contributed by atoms with Gasteiger partial charge in [-0.15, -0.1) is 0 Å². The average Bonchev–Trinajstić information content (AvgIpc) is 2.83. The molecule has 12 heavy (non-hydrogen) atoms. The lowest BCUT2D eigenvalue weighted by Crippen LogP contribution is -2.38. The molecule has 0 amide bonds. The van der Waals surface area contributed by atoms with Crippen LogP contribution in [0.4, 0.5) is 0 Å². The molecule has 0 bridgehead atoms. The molecule has 2 atom stereocenters. The summed E-state index contributed by atoms with van der Waals surface area (Å²) < 4.78 is 5.66. The third-order valence-corrected chi connectivity index (χ3v) is 2.49. The Balaban J connectivity index is 2.29. The van der Waals surface area contributed by atoms with Gasteiger partial charge in [-0.25, -0.2) is 0 Å². The second-order valence-corrected chi connectivity index (χ2v) is 3.71. The summed E-state index contributed by atoms with van der Waals surface area (Å²) in [7, 11) is 0. The van der Waals surface area contributed by atoms with Gasteiger partial charge in [0.25, 0.3) is 0 Å². The van der Waals surface area contributed by atoms with E-state index >= 15 is 0 Å². The Hall–Kier alpha value is -0.0800. The summed E-state index contributed by atoms with van der Waals surface area (Å²) in [6.07, 6.45) is 5.25. The quantitative estimate of drug-likeness (QED) is 0.662. The molecule has 0 aromatic rings. The summed E-state index contributed by atoms with van der Waals surface area (Å²) in [6, 6.07) is 0.266. The molecule has 1 saturated carbocycles. The fourth-order valence-electron chi connectivity index (χ4n) is 1.72. The highest BCUT2D eigenvalue weighted by Crippen LogP contribution is 2.36. The first-order valence-electron chi connectivity index (χ1n) is 5.16. The molecule has 1 rings (SSSR count). The van der Waals surface area contributed by atoms with Crippen LogP contribution in [0.3, 0.4) is 0 Å². The molecule has 1 fully saturated rings. The maximum Gasteiger partial charge on any atom is 0.0753 e. The van der Waals surface area contributed by atoms with E-state index in [9.17, 15) is 0 Å². The summed E-state index contributed by atoms with van der Waals surface area (Å²) in [5.74, 6) is 0.770. The summed E-state index contributed by atoms with van der Waals surface area (Å²) in [6.45, 7) is 5.03. The van der Waals surface area contributed by atoms with Gasteiger partial charge in [0.15, 0.2) is 0 Å². The monoisotopic (exact) mass is 171 g/mol. The normalized spacial score (nSPS) is 22.2. The molecular formula is C10H21NO. The Bertz CT molecular complexity index is 123. The third kappa shape index (κ3) is 2.76. The third-order valence-electron chi connectivity index (χ3n) is 2.49. The van der Waals surface area contributed by atoms with Crippen LogP contribution in [0.5, 0.6) is 0 Å². The van der Waals surface area contributed by atoms with Gasteiger partial charge in [-0.05, 0) is 32.1 Å². The van der Waals surface area contributed by atoms with Gasteiger partial charge in [-0.2, -0.15) is 0 Å². The molecule has 0 saturated heterocycles. The highest BCUT2D eigenvalue weighted by atomic mass is 16.5. The van der Waals surface area contributed by atoms with Gasteiger partial charge in [0, 0.05) is 12.6 Å². The van der Waals surface area contributed by atoms with Gasteiger partial charge < -0.3 is 10.5 Å². The zero-order chi connectivity index (χ0) is 8.97. The Morgan fingerprint density at radius 1 is 1.42 bits per heavy atom. The predicted molar refractivity (Wildman–Crippen MR) is 51.0 cm³/mol. The fourth-order valence-corrected chi connectivity index (χ4v) is 1.72.